The fourth-order valence-electron chi connectivity index (χ4n) is 1.78. The molecule has 1 aromatic rings. The first kappa shape index (κ1) is 14.8. The second kappa shape index (κ2) is 5.80. The first-order valence-corrected chi connectivity index (χ1v) is 7.99. The van der Waals surface area contributed by atoms with Crippen molar-refractivity contribution in [2.75, 3.05) is 11.9 Å². The van der Waals surface area contributed by atoms with Crippen molar-refractivity contribution >= 4 is 21.6 Å². The van der Waals surface area contributed by atoms with E-state index in [0.29, 0.717) is 17.9 Å². The van der Waals surface area contributed by atoms with Gasteiger partial charge in [0.25, 0.3) is 0 Å². The Morgan fingerprint density at radius 2 is 2.20 bits per heavy atom. The summed E-state index contributed by atoms with van der Waals surface area (Å²) in [6.45, 7) is 3.99. The SMILES string of the molecule is CCC(C)NS(=O)(=O)c1ccc2c(c1)NC(=O)CCO2. The molecular weight excluding hydrogens is 280 g/mol. The highest BCUT2D eigenvalue weighted by Crippen LogP contribution is 2.29. The Labute approximate surface area is 118 Å². The number of nitrogens with one attached hydrogen (secondary N) is 2. The molecule has 1 amide bonds. The third-order valence-electron chi connectivity index (χ3n) is 3.09. The summed E-state index contributed by atoms with van der Waals surface area (Å²) in [5.74, 6) is 0.298. The van der Waals surface area contributed by atoms with Crippen LogP contribution in [0.15, 0.2) is 23.1 Å². The Balaban J connectivity index is 2.33. The molecule has 0 saturated heterocycles. The van der Waals surface area contributed by atoms with E-state index in [-0.39, 0.29) is 29.9 Å². The van der Waals surface area contributed by atoms with E-state index in [1.165, 1.54) is 12.1 Å². The molecule has 1 aliphatic heterocycles. The molecule has 7 heteroatoms. The summed E-state index contributed by atoms with van der Waals surface area (Å²) in [6.07, 6.45) is 0.950. The van der Waals surface area contributed by atoms with Crippen LogP contribution in [0.1, 0.15) is 26.7 Å². The van der Waals surface area contributed by atoms with Gasteiger partial charge >= 0.3 is 0 Å². The average molecular weight is 298 g/mol. The van der Waals surface area contributed by atoms with Gasteiger partial charge in [0, 0.05) is 6.04 Å². The maximum absolute atomic E-state index is 12.2. The van der Waals surface area contributed by atoms with Crippen molar-refractivity contribution in [1.29, 1.82) is 0 Å². The minimum absolute atomic E-state index is 0.113. The highest BCUT2D eigenvalue weighted by Gasteiger charge is 2.20. The smallest absolute Gasteiger partial charge is 0.240 e. The summed E-state index contributed by atoms with van der Waals surface area (Å²) < 4.78 is 32.3. The van der Waals surface area contributed by atoms with E-state index in [4.69, 9.17) is 4.74 Å². The van der Waals surface area contributed by atoms with Gasteiger partial charge in [-0.25, -0.2) is 13.1 Å². The number of amides is 1. The third kappa shape index (κ3) is 3.29. The van der Waals surface area contributed by atoms with Crippen molar-refractivity contribution in [3.05, 3.63) is 18.2 Å². The zero-order chi connectivity index (χ0) is 14.8. The van der Waals surface area contributed by atoms with Crippen LogP contribution in [-0.2, 0) is 14.8 Å². The number of rotatable bonds is 4. The Morgan fingerprint density at radius 3 is 2.90 bits per heavy atom. The number of ether oxygens (including phenoxy) is 1. The van der Waals surface area contributed by atoms with Crippen LogP contribution in [0.25, 0.3) is 0 Å². The predicted molar refractivity (Wildman–Crippen MR) is 75.3 cm³/mol. The van der Waals surface area contributed by atoms with Gasteiger partial charge < -0.3 is 10.1 Å². The molecule has 1 aromatic carbocycles. The molecule has 1 aliphatic rings. The fourth-order valence-corrected chi connectivity index (χ4v) is 3.14. The van der Waals surface area contributed by atoms with E-state index in [1.54, 1.807) is 13.0 Å². The molecule has 20 heavy (non-hydrogen) atoms. The lowest BCUT2D eigenvalue weighted by molar-refractivity contribution is -0.116. The lowest BCUT2D eigenvalue weighted by Crippen LogP contribution is -2.32. The zero-order valence-corrected chi connectivity index (χ0v) is 12.3. The largest absolute Gasteiger partial charge is 0.491 e. The Morgan fingerprint density at radius 1 is 1.45 bits per heavy atom. The van der Waals surface area contributed by atoms with E-state index < -0.39 is 10.0 Å². The van der Waals surface area contributed by atoms with E-state index in [1.807, 2.05) is 6.92 Å². The van der Waals surface area contributed by atoms with Gasteiger partial charge in [0.1, 0.15) is 5.75 Å². The number of benzene rings is 1. The maximum Gasteiger partial charge on any atom is 0.240 e. The molecule has 0 spiro atoms. The fraction of sp³-hybridized carbons (Fsp3) is 0.462. The molecule has 110 valence electrons. The second-order valence-electron chi connectivity index (χ2n) is 4.74. The van der Waals surface area contributed by atoms with E-state index >= 15 is 0 Å². The highest BCUT2D eigenvalue weighted by atomic mass is 32.2. The number of hydrogen-bond donors (Lipinski definition) is 2. The standard InChI is InChI=1S/C13H18N2O4S/c1-3-9(2)15-20(17,18)10-4-5-12-11(8-10)14-13(16)6-7-19-12/h4-5,8-9,15H,3,6-7H2,1-2H3,(H,14,16). The number of sulfonamides is 1. The van der Waals surface area contributed by atoms with Crippen LogP contribution in [0.4, 0.5) is 5.69 Å². The molecule has 0 radical (unpaired) electrons. The van der Waals surface area contributed by atoms with Gasteiger partial charge in [-0.15, -0.1) is 0 Å². The second-order valence-corrected chi connectivity index (χ2v) is 6.45. The van der Waals surface area contributed by atoms with Crippen LogP contribution in [0, 0.1) is 0 Å². The van der Waals surface area contributed by atoms with Gasteiger partial charge in [-0.1, -0.05) is 6.92 Å². The molecule has 1 heterocycles. The summed E-state index contributed by atoms with van der Waals surface area (Å²) in [6, 6.07) is 4.31. The maximum atomic E-state index is 12.2. The zero-order valence-electron chi connectivity index (χ0n) is 11.5. The van der Waals surface area contributed by atoms with Crippen LogP contribution >= 0.6 is 0 Å². The lowest BCUT2D eigenvalue weighted by Gasteiger charge is -2.14. The number of fused-ring (bicyclic) bond motifs is 1. The van der Waals surface area contributed by atoms with Gasteiger partial charge in [-0.3, -0.25) is 4.79 Å². The molecule has 2 rings (SSSR count). The van der Waals surface area contributed by atoms with Gasteiger partial charge in [-0.2, -0.15) is 0 Å². The predicted octanol–water partition coefficient (Wildman–Crippen LogP) is 1.48. The van der Waals surface area contributed by atoms with Crippen molar-refractivity contribution in [1.82, 2.24) is 4.72 Å². The number of carbonyl (C=O) groups is 1. The summed E-state index contributed by atoms with van der Waals surface area (Å²) in [7, 11) is -3.59. The van der Waals surface area contributed by atoms with Crippen LogP contribution in [0.2, 0.25) is 0 Å². The Kier molecular flexibility index (Phi) is 4.29. The van der Waals surface area contributed by atoms with Gasteiger partial charge in [0.15, 0.2) is 0 Å². The number of anilines is 1. The van der Waals surface area contributed by atoms with E-state index in [9.17, 15) is 13.2 Å². The number of carbonyl (C=O) groups excluding carboxylic acids is 1. The molecule has 2 N–H and O–H groups in total. The van der Waals surface area contributed by atoms with Crippen molar-refractivity contribution in [3.8, 4) is 5.75 Å². The molecule has 0 bridgehead atoms. The van der Waals surface area contributed by atoms with Crippen molar-refractivity contribution < 1.29 is 17.9 Å². The first-order valence-electron chi connectivity index (χ1n) is 6.51. The first-order chi connectivity index (χ1) is 9.42. The molecule has 1 unspecified atom stereocenters. The molecular formula is C13H18N2O4S. The quantitative estimate of drug-likeness (QED) is 0.882. The van der Waals surface area contributed by atoms with E-state index in [0.717, 1.165) is 0 Å². The third-order valence-corrected chi connectivity index (χ3v) is 4.68. The molecule has 0 aliphatic carbocycles. The van der Waals surface area contributed by atoms with Gasteiger partial charge in [0.05, 0.1) is 23.6 Å². The monoisotopic (exact) mass is 298 g/mol. The van der Waals surface area contributed by atoms with Crippen LogP contribution in [0.3, 0.4) is 0 Å². The normalized spacial score (nSPS) is 16.6. The molecule has 1 atom stereocenters. The van der Waals surface area contributed by atoms with Crippen LogP contribution < -0.4 is 14.8 Å². The van der Waals surface area contributed by atoms with Crippen molar-refractivity contribution in [2.24, 2.45) is 0 Å². The topological polar surface area (TPSA) is 84.5 Å². The Bertz CT molecular complexity index is 613. The van der Waals surface area contributed by atoms with Gasteiger partial charge in [-0.05, 0) is 31.5 Å². The molecule has 0 fully saturated rings. The lowest BCUT2D eigenvalue weighted by atomic mass is 10.3. The Hall–Kier alpha value is -1.60. The summed E-state index contributed by atoms with van der Waals surface area (Å²) >= 11 is 0. The van der Waals surface area contributed by atoms with Crippen molar-refractivity contribution in [3.63, 3.8) is 0 Å². The summed E-state index contributed by atoms with van der Waals surface area (Å²) in [5.41, 5.74) is 0.388. The summed E-state index contributed by atoms with van der Waals surface area (Å²) in [5, 5.41) is 2.65. The van der Waals surface area contributed by atoms with Gasteiger partial charge in [0.2, 0.25) is 15.9 Å². The minimum Gasteiger partial charge on any atom is -0.491 e. The van der Waals surface area contributed by atoms with Crippen LogP contribution in [-0.4, -0.2) is 27.0 Å². The summed E-state index contributed by atoms with van der Waals surface area (Å²) in [4.78, 5) is 11.6. The number of hydrogen-bond acceptors (Lipinski definition) is 4. The van der Waals surface area contributed by atoms with E-state index in [2.05, 4.69) is 10.0 Å². The molecule has 6 nitrogen and oxygen atoms in total. The molecule has 0 saturated carbocycles. The highest BCUT2D eigenvalue weighted by molar-refractivity contribution is 7.89. The minimum atomic E-state index is -3.59. The van der Waals surface area contributed by atoms with Crippen LogP contribution in [0.5, 0.6) is 5.75 Å². The average Bonchev–Trinajstić information content (AvgIpc) is 2.57. The molecule has 0 aromatic heterocycles. The van der Waals surface area contributed by atoms with Crippen molar-refractivity contribution in [2.45, 2.75) is 37.6 Å².